The molecule has 7 rings (SSSR count). The molecule has 3 aliphatic heterocycles. The molecule has 0 bridgehead atoms. The van der Waals surface area contributed by atoms with Crippen molar-refractivity contribution in [3.8, 4) is 17.1 Å². The number of benzene rings is 2. The highest BCUT2D eigenvalue weighted by Gasteiger charge is 2.55. The molecule has 2 unspecified atom stereocenters. The lowest BCUT2D eigenvalue weighted by Crippen LogP contribution is -2.47. The van der Waals surface area contributed by atoms with E-state index in [9.17, 15) is 9.59 Å². The molecule has 3 saturated heterocycles. The standard InChI is InChI=1S/C35H38FN5O5/c1-22(2)46-29-13-8-11-25(37-29)24-14-15-26-30(31(24)36)32(27-12-6-7-18-44-27)39-41(26)40-17-16-35(21-40)19-28(42)38-33(35)34(43)45-20-23-9-4-3-5-10-23/h3-5,8-11,13-15,22,27,33H,6-7,12,16-21H2,1-2H3,(H,38,42)/t27?,33?,35-/m1/s1. The number of hydrogen-bond donors (Lipinski definition) is 1. The van der Waals surface area contributed by atoms with E-state index in [2.05, 4.69) is 10.3 Å². The van der Waals surface area contributed by atoms with Gasteiger partial charge in [-0.25, -0.2) is 14.2 Å². The Bertz CT molecular complexity index is 1760. The minimum atomic E-state index is -0.786. The molecule has 2 aromatic heterocycles. The van der Waals surface area contributed by atoms with E-state index < -0.39 is 23.2 Å². The third-order valence-electron chi connectivity index (χ3n) is 9.16. The zero-order valence-electron chi connectivity index (χ0n) is 26.1. The lowest BCUT2D eigenvalue weighted by atomic mass is 9.79. The minimum absolute atomic E-state index is 0.0669. The molecule has 4 aromatic rings. The number of carbonyl (C=O) groups is 2. The highest BCUT2D eigenvalue weighted by molar-refractivity contribution is 5.91. The first-order chi connectivity index (χ1) is 22.3. The van der Waals surface area contributed by atoms with E-state index in [1.807, 2.05) is 55.3 Å². The van der Waals surface area contributed by atoms with Crippen LogP contribution < -0.4 is 15.1 Å². The minimum Gasteiger partial charge on any atom is -0.475 e. The number of halogens is 1. The first kappa shape index (κ1) is 30.2. The Hall–Kier alpha value is -4.51. The van der Waals surface area contributed by atoms with Crippen LogP contribution in [0.15, 0.2) is 60.7 Å². The van der Waals surface area contributed by atoms with Crippen molar-refractivity contribution in [3.05, 3.63) is 77.7 Å². The van der Waals surface area contributed by atoms with E-state index in [0.717, 1.165) is 24.8 Å². The molecule has 3 aliphatic rings. The zero-order valence-corrected chi connectivity index (χ0v) is 26.1. The molecular weight excluding hydrogens is 589 g/mol. The normalized spacial score (nSPS) is 23.0. The predicted molar refractivity (Wildman–Crippen MR) is 169 cm³/mol. The zero-order chi connectivity index (χ0) is 31.8. The van der Waals surface area contributed by atoms with Crippen LogP contribution in [0.4, 0.5) is 4.39 Å². The third-order valence-corrected chi connectivity index (χ3v) is 9.16. The second kappa shape index (κ2) is 12.4. The van der Waals surface area contributed by atoms with Crippen LogP contribution in [0.2, 0.25) is 0 Å². The topological polar surface area (TPSA) is 108 Å². The van der Waals surface area contributed by atoms with Crippen molar-refractivity contribution in [2.45, 2.75) is 70.8 Å². The molecule has 1 amide bonds. The summed E-state index contributed by atoms with van der Waals surface area (Å²) < 4.78 is 34.2. The smallest absolute Gasteiger partial charge is 0.329 e. The summed E-state index contributed by atoms with van der Waals surface area (Å²) in [6.45, 7) is 5.45. The molecule has 1 N–H and O–H groups in total. The summed E-state index contributed by atoms with van der Waals surface area (Å²) in [4.78, 5) is 32.4. The van der Waals surface area contributed by atoms with Crippen molar-refractivity contribution in [1.29, 1.82) is 0 Å². The number of rotatable bonds is 8. The van der Waals surface area contributed by atoms with Gasteiger partial charge < -0.3 is 19.5 Å². The van der Waals surface area contributed by atoms with Gasteiger partial charge in [-0.1, -0.05) is 36.4 Å². The molecule has 11 heteroatoms. The average molecular weight is 628 g/mol. The van der Waals surface area contributed by atoms with Crippen LogP contribution in [0.3, 0.4) is 0 Å². The summed E-state index contributed by atoms with van der Waals surface area (Å²) in [6, 6.07) is 17.6. The molecule has 240 valence electrons. The first-order valence-corrected chi connectivity index (χ1v) is 16.0. The summed E-state index contributed by atoms with van der Waals surface area (Å²) >= 11 is 0. The molecule has 3 atom stereocenters. The highest BCUT2D eigenvalue weighted by atomic mass is 19.1. The quantitative estimate of drug-likeness (QED) is 0.265. The maximum Gasteiger partial charge on any atom is 0.329 e. The largest absolute Gasteiger partial charge is 0.475 e. The highest BCUT2D eigenvalue weighted by Crippen LogP contribution is 2.43. The first-order valence-electron chi connectivity index (χ1n) is 16.0. The number of esters is 1. The number of pyridine rings is 1. The molecule has 1 spiro atoms. The Balaban J connectivity index is 1.22. The Morgan fingerprint density at radius 3 is 2.76 bits per heavy atom. The molecule has 10 nitrogen and oxygen atoms in total. The van der Waals surface area contributed by atoms with Crippen molar-refractivity contribution < 1.29 is 28.2 Å². The van der Waals surface area contributed by atoms with E-state index in [-0.39, 0.29) is 31.1 Å². The van der Waals surface area contributed by atoms with Crippen LogP contribution >= 0.6 is 0 Å². The van der Waals surface area contributed by atoms with Gasteiger partial charge >= 0.3 is 5.97 Å². The lowest BCUT2D eigenvalue weighted by molar-refractivity contribution is -0.150. The number of amides is 1. The lowest BCUT2D eigenvalue weighted by Gasteiger charge is -2.29. The van der Waals surface area contributed by atoms with Crippen LogP contribution in [-0.2, 0) is 25.7 Å². The van der Waals surface area contributed by atoms with Gasteiger partial charge in [0.25, 0.3) is 0 Å². The molecule has 2 aromatic carbocycles. The number of fused-ring (bicyclic) bond motifs is 1. The van der Waals surface area contributed by atoms with Gasteiger partial charge in [0.15, 0.2) is 0 Å². The van der Waals surface area contributed by atoms with E-state index >= 15 is 4.39 Å². The van der Waals surface area contributed by atoms with Gasteiger partial charge in [0.2, 0.25) is 11.8 Å². The molecular formula is C35H38FN5O5. The maximum atomic E-state index is 16.7. The van der Waals surface area contributed by atoms with Crippen LogP contribution in [0.5, 0.6) is 5.88 Å². The van der Waals surface area contributed by atoms with Crippen LogP contribution in [0.1, 0.15) is 63.3 Å². The molecule has 3 fully saturated rings. The van der Waals surface area contributed by atoms with E-state index in [1.54, 1.807) is 29.1 Å². The summed E-state index contributed by atoms with van der Waals surface area (Å²) in [5.41, 5.74) is 2.15. The summed E-state index contributed by atoms with van der Waals surface area (Å²) in [5, 5.41) is 10.2. The molecule has 0 radical (unpaired) electrons. The number of aromatic nitrogens is 3. The van der Waals surface area contributed by atoms with E-state index in [0.29, 0.717) is 59.9 Å². The third kappa shape index (κ3) is 5.68. The Morgan fingerprint density at radius 1 is 1.13 bits per heavy atom. The summed E-state index contributed by atoms with van der Waals surface area (Å²) in [5.74, 6) is -0.629. The second-order valence-electron chi connectivity index (χ2n) is 12.7. The fourth-order valence-corrected chi connectivity index (χ4v) is 6.97. The molecule has 0 saturated carbocycles. The number of nitrogens with zero attached hydrogens (tertiary/aromatic N) is 4. The maximum absolute atomic E-state index is 16.7. The SMILES string of the molecule is CC(C)Oc1cccc(-c2ccc3c(c(C4CCCCO4)nn3N3CC[C@@]4(CC(=O)NC4C(=O)OCc4ccccc4)C3)c2F)n1. The van der Waals surface area contributed by atoms with Gasteiger partial charge in [0.1, 0.15) is 30.3 Å². The van der Waals surface area contributed by atoms with Gasteiger partial charge in [-0.15, -0.1) is 0 Å². The van der Waals surface area contributed by atoms with E-state index in [4.69, 9.17) is 19.3 Å². The number of hydrogen-bond acceptors (Lipinski definition) is 8. The van der Waals surface area contributed by atoms with Crippen LogP contribution in [0, 0.1) is 11.2 Å². The van der Waals surface area contributed by atoms with Crippen molar-refractivity contribution in [3.63, 3.8) is 0 Å². The predicted octanol–water partition coefficient (Wildman–Crippen LogP) is 5.23. The van der Waals surface area contributed by atoms with Gasteiger partial charge in [-0.3, -0.25) is 9.80 Å². The fourth-order valence-electron chi connectivity index (χ4n) is 6.97. The fraction of sp³-hybridized carbons (Fsp3) is 0.429. The number of nitrogens with one attached hydrogen (secondary N) is 1. The second-order valence-corrected chi connectivity index (χ2v) is 12.7. The van der Waals surface area contributed by atoms with Gasteiger partial charge in [0.05, 0.1) is 22.7 Å². The van der Waals surface area contributed by atoms with Gasteiger partial charge in [-0.05, 0) is 63.3 Å². The van der Waals surface area contributed by atoms with Crippen LogP contribution in [0.25, 0.3) is 22.2 Å². The Labute approximate surface area is 266 Å². The molecule has 5 heterocycles. The van der Waals surface area contributed by atoms with Gasteiger partial charge in [0, 0.05) is 43.2 Å². The molecule has 46 heavy (non-hydrogen) atoms. The summed E-state index contributed by atoms with van der Waals surface area (Å²) in [7, 11) is 0. The van der Waals surface area contributed by atoms with Crippen molar-refractivity contribution >= 4 is 22.8 Å². The van der Waals surface area contributed by atoms with Crippen molar-refractivity contribution in [2.75, 3.05) is 24.7 Å². The van der Waals surface area contributed by atoms with Crippen LogP contribution in [-0.4, -0.2) is 58.6 Å². The monoisotopic (exact) mass is 627 g/mol. The average Bonchev–Trinajstić information content (AvgIpc) is 3.75. The van der Waals surface area contributed by atoms with Crippen molar-refractivity contribution in [2.24, 2.45) is 5.41 Å². The van der Waals surface area contributed by atoms with Gasteiger partial charge in [-0.2, -0.15) is 9.89 Å². The summed E-state index contributed by atoms with van der Waals surface area (Å²) in [6.07, 6.45) is 3.01. The molecule has 0 aliphatic carbocycles. The van der Waals surface area contributed by atoms with E-state index in [1.165, 1.54) is 0 Å². The Kier molecular flexibility index (Phi) is 8.10. The number of carbonyl (C=O) groups excluding carboxylic acids is 2. The van der Waals surface area contributed by atoms with Crippen molar-refractivity contribution in [1.82, 2.24) is 20.2 Å². The Morgan fingerprint density at radius 2 is 1.98 bits per heavy atom. The number of ether oxygens (including phenoxy) is 3.